The average molecular weight is 325 g/mol. The molecule has 2 aromatic rings. The van der Waals surface area contributed by atoms with Crippen LogP contribution in [0.3, 0.4) is 0 Å². The van der Waals surface area contributed by atoms with Gasteiger partial charge >= 0.3 is 0 Å². The third kappa shape index (κ3) is 4.77. The highest BCUT2D eigenvalue weighted by Gasteiger charge is 2.06. The number of benzene rings is 2. The van der Waals surface area contributed by atoms with Crippen molar-refractivity contribution in [1.82, 2.24) is 10.9 Å². The maximum Gasteiger partial charge on any atom is 0.270 e. The zero-order valence-electron chi connectivity index (χ0n) is 12.9. The Balaban J connectivity index is 1.92. The van der Waals surface area contributed by atoms with Gasteiger partial charge in [-0.15, -0.1) is 0 Å². The Bertz CT molecular complexity index is 815. The number of nitrogens with zero attached hydrogens (tertiary/aromatic N) is 1. The Morgan fingerprint density at radius 1 is 1.08 bits per heavy atom. The van der Waals surface area contributed by atoms with E-state index in [0.29, 0.717) is 11.1 Å². The lowest BCUT2D eigenvalue weighted by atomic mass is 10.1. The smallest absolute Gasteiger partial charge is 0.268 e. The molecule has 0 heterocycles. The summed E-state index contributed by atoms with van der Waals surface area (Å²) in [7, 11) is 0. The Morgan fingerprint density at radius 3 is 2.54 bits per heavy atom. The topological polar surface area (TPSA) is 101 Å². The van der Waals surface area contributed by atoms with Gasteiger partial charge in [0.25, 0.3) is 17.5 Å². The molecule has 0 spiro atoms. The number of hydrogen-bond acceptors (Lipinski definition) is 4. The van der Waals surface area contributed by atoms with Crippen molar-refractivity contribution in [2.24, 2.45) is 0 Å². The number of hydrazine groups is 1. The van der Waals surface area contributed by atoms with E-state index in [-0.39, 0.29) is 5.69 Å². The van der Waals surface area contributed by atoms with E-state index in [1.165, 1.54) is 30.4 Å². The zero-order chi connectivity index (χ0) is 17.5. The van der Waals surface area contributed by atoms with Gasteiger partial charge in [0, 0.05) is 23.8 Å². The van der Waals surface area contributed by atoms with Crippen molar-refractivity contribution in [1.29, 1.82) is 0 Å². The molecule has 0 saturated heterocycles. The molecule has 0 fully saturated rings. The molecule has 2 N–H and O–H groups in total. The predicted octanol–water partition coefficient (Wildman–Crippen LogP) is 2.38. The molecule has 0 atom stereocenters. The van der Waals surface area contributed by atoms with E-state index in [1.807, 2.05) is 13.0 Å². The van der Waals surface area contributed by atoms with E-state index in [2.05, 4.69) is 10.9 Å². The first-order valence-electron chi connectivity index (χ1n) is 7.05. The first-order valence-corrected chi connectivity index (χ1v) is 7.05. The summed E-state index contributed by atoms with van der Waals surface area (Å²) in [6.07, 6.45) is 2.59. The lowest BCUT2D eigenvalue weighted by Crippen LogP contribution is -2.40. The quantitative estimate of drug-likeness (QED) is 0.512. The first kappa shape index (κ1) is 16.9. The van der Waals surface area contributed by atoms with Crippen molar-refractivity contribution in [2.75, 3.05) is 0 Å². The van der Waals surface area contributed by atoms with Crippen molar-refractivity contribution in [3.05, 3.63) is 81.4 Å². The van der Waals surface area contributed by atoms with E-state index < -0.39 is 16.7 Å². The van der Waals surface area contributed by atoms with E-state index in [0.717, 1.165) is 5.56 Å². The predicted molar refractivity (Wildman–Crippen MR) is 88.9 cm³/mol. The molecule has 0 aliphatic heterocycles. The first-order chi connectivity index (χ1) is 11.5. The molecule has 7 heteroatoms. The highest BCUT2D eigenvalue weighted by Crippen LogP contribution is 2.13. The third-order valence-corrected chi connectivity index (χ3v) is 3.09. The van der Waals surface area contributed by atoms with Crippen LogP contribution in [-0.2, 0) is 4.79 Å². The van der Waals surface area contributed by atoms with Gasteiger partial charge in [-0.1, -0.05) is 29.8 Å². The summed E-state index contributed by atoms with van der Waals surface area (Å²) in [6, 6.07) is 12.8. The summed E-state index contributed by atoms with van der Waals surface area (Å²) in [6.45, 7) is 1.86. The third-order valence-electron chi connectivity index (χ3n) is 3.09. The fraction of sp³-hybridized carbons (Fsp3) is 0.0588. The van der Waals surface area contributed by atoms with Crippen LogP contribution in [0.4, 0.5) is 5.69 Å². The maximum absolute atomic E-state index is 11.9. The molecule has 0 saturated carbocycles. The van der Waals surface area contributed by atoms with Gasteiger partial charge in [0.1, 0.15) is 0 Å². The minimum Gasteiger partial charge on any atom is -0.268 e. The SMILES string of the molecule is Cc1cccc(C(=O)NNC(=O)/C=C/c2cccc([N+](=O)[O-])c2)c1. The maximum atomic E-state index is 11.9. The number of nitro groups is 1. The monoisotopic (exact) mass is 325 g/mol. The number of hydrogen-bond donors (Lipinski definition) is 2. The molecule has 2 rings (SSSR count). The van der Waals surface area contributed by atoms with Crippen molar-refractivity contribution >= 4 is 23.6 Å². The summed E-state index contributed by atoms with van der Waals surface area (Å²) in [5.41, 5.74) is 6.34. The van der Waals surface area contributed by atoms with Gasteiger partial charge in [0.15, 0.2) is 0 Å². The van der Waals surface area contributed by atoms with Gasteiger partial charge in [-0.05, 0) is 30.7 Å². The van der Waals surface area contributed by atoms with Gasteiger partial charge in [-0.2, -0.15) is 0 Å². The molecular weight excluding hydrogens is 310 g/mol. The number of non-ortho nitro benzene ring substituents is 1. The van der Waals surface area contributed by atoms with Crippen LogP contribution in [0.15, 0.2) is 54.6 Å². The van der Waals surface area contributed by atoms with Gasteiger partial charge < -0.3 is 0 Å². The molecule has 0 aromatic heterocycles. The molecule has 7 nitrogen and oxygen atoms in total. The molecule has 0 radical (unpaired) electrons. The molecule has 24 heavy (non-hydrogen) atoms. The van der Waals surface area contributed by atoms with Crippen molar-refractivity contribution in [3.8, 4) is 0 Å². The van der Waals surface area contributed by atoms with Crippen molar-refractivity contribution < 1.29 is 14.5 Å². The summed E-state index contributed by atoms with van der Waals surface area (Å²) < 4.78 is 0. The van der Waals surface area contributed by atoms with Crippen LogP contribution in [0, 0.1) is 17.0 Å². The number of carbonyl (C=O) groups excluding carboxylic acids is 2. The molecule has 0 unspecified atom stereocenters. The van der Waals surface area contributed by atoms with Crippen LogP contribution in [0.25, 0.3) is 6.08 Å². The zero-order valence-corrected chi connectivity index (χ0v) is 12.9. The summed E-state index contributed by atoms with van der Waals surface area (Å²) >= 11 is 0. The minimum absolute atomic E-state index is 0.0645. The normalized spacial score (nSPS) is 10.4. The molecule has 0 aliphatic carbocycles. The van der Waals surface area contributed by atoms with E-state index in [4.69, 9.17) is 0 Å². The second kappa shape index (κ2) is 7.68. The second-order valence-corrected chi connectivity index (χ2v) is 5.00. The van der Waals surface area contributed by atoms with Gasteiger partial charge in [-0.3, -0.25) is 30.6 Å². The number of nitrogens with one attached hydrogen (secondary N) is 2. The molecule has 2 aromatic carbocycles. The fourth-order valence-electron chi connectivity index (χ4n) is 1.93. The Kier molecular flexibility index (Phi) is 5.40. The van der Waals surface area contributed by atoms with Crippen LogP contribution in [0.2, 0.25) is 0 Å². The summed E-state index contributed by atoms with van der Waals surface area (Å²) in [5.74, 6) is -0.988. The van der Waals surface area contributed by atoms with Gasteiger partial charge in [-0.25, -0.2) is 0 Å². The summed E-state index contributed by atoms with van der Waals surface area (Å²) in [4.78, 5) is 33.7. The van der Waals surface area contributed by atoms with Crippen molar-refractivity contribution in [2.45, 2.75) is 6.92 Å². The number of carbonyl (C=O) groups is 2. The number of aryl methyl sites for hydroxylation is 1. The lowest BCUT2D eigenvalue weighted by Gasteiger charge is -2.05. The highest BCUT2D eigenvalue weighted by atomic mass is 16.6. The standard InChI is InChI=1S/C17H15N3O4/c1-12-4-2-6-14(10-12)17(22)19-18-16(21)9-8-13-5-3-7-15(11-13)20(23)24/h2-11H,1H3,(H,18,21)(H,19,22)/b9-8+. The van der Waals surface area contributed by atoms with Crippen LogP contribution in [0.1, 0.15) is 21.5 Å². The molecule has 122 valence electrons. The number of nitro benzene ring substituents is 1. The van der Waals surface area contributed by atoms with E-state index >= 15 is 0 Å². The van der Waals surface area contributed by atoms with Crippen LogP contribution < -0.4 is 10.9 Å². The molecule has 2 amide bonds. The lowest BCUT2D eigenvalue weighted by molar-refractivity contribution is -0.384. The Morgan fingerprint density at radius 2 is 1.83 bits per heavy atom. The second-order valence-electron chi connectivity index (χ2n) is 5.00. The van der Waals surface area contributed by atoms with Gasteiger partial charge in [0.2, 0.25) is 0 Å². The number of amides is 2. The molecule has 0 aliphatic rings. The average Bonchev–Trinajstić information content (AvgIpc) is 2.58. The van der Waals surface area contributed by atoms with Crippen LogP contribution >= 0.6 is 0 Å². The summed E-state index contributed by atoms with van der Waals surface area (Å²) in [5, 5.41) is 10.7. The van der Waals surface area contributed by atoms with Crippen LogP contribution in [-0.4, -0.2) is 16.7 Å². The van der Waals surface area contributed by atoms with E-state index in [1.54, 1.807) is 24.3 Å². The van der Waals surface area contributed by atoms with Crippen LogP contribution in [0.5, 0.6) is 0 Å². The molecule has 0 bridgehead atoms. The highest BCUT2D eigenvalue weighted by molar-refractivity contribution is 5.98. The fourth-order valence-corrected chi connectivity index (χ4v) is 1.93. The minimum atomic E-state index is -0.553. The Labute approximate surface area is 138 Å². The van der Waals surface area contributed by atoms with E-state index in [9.17, 15) is 19.7 Å². The van der Waals surface area contributed by atoms with Gasteiger partial charge in [0.05, 0.1) is 4.92 Å². The molecular formula is C17H15N3O4. The Hall–Kier alpha value is -3.48. The largest absolute Gasteiger partial charge is 0.270 e. The van der Waals surface area contributed by atoms with Crippen molar-refractivity contribution in [3.63, 3.8) is 0 Å². The number of rotatable bonds is 4.